The molecule has 3 atom stereocenters. The zero-order valence-electron chi connectivity index (χ0n) is 12.6. The van der Waals surface area contributed by atoms with Crippen LogP contribution in [-0.2, 0) is 15.5 Å². The summed E-state index contributed by atoms with van der Waals surface area (Å²) in [6.45, 7) is 2.10. The molecule has 1 aromatic rings. The summed E-state index contributed by atoms with van der Waals surface area (Å²) in [5, 5.41) is 0.0120. The van der Waals surface area contributed by atoms with Gasteiger partial charge >= 0.3 is 5.97 Å². The molecule has 116 valence electrons. The van der Waals surface area contributed by atoms with Crippen molar-refractivity contribution in [1.82, 2.24) is 0 Å². The fourth-order valence-corrected chi connectivity index (χ4v) is 4.55. The summed E-state index contributed by atoms with van der Waals surface area (Å²) < 4.78 is 18.1. The monoisotopic (exact) mass is 308 g/mol. The van der Waals surface area contributed by atoms with E-state index in [4.69, 9.17) is 4.74 Å². The first-order valence-corrected chi connectivity index (χ1v) is 9.23. The Morgan fingerprint density at radius 1 is 1.24 bits per heavy atom. The summed E-state index contributed by atoms with van der Waals surface area (Å²) in [6.07, 6.45) is 5.71. The van der Waals surface area contributed by atoms with E-state index in [0.717, 1.165) is 44.3 Å². The van der Waals surface area contributed by atoms with Crippen molar-refractivity contribution in [3.8, 4) is 0 Å². The zero-order chi connectivity index (χ0) is 15.1. The number of carbonyl (C=O) groups is 1. The van der Waals surface area contributed by atoms with Gasteiger partial charge in [0.2, 0.25) is 0 Å². The van der Waals surface area contributed by atoms with Gasteiger partial charge in [0.05, 0.1) is 10.8 Å². The maximum Gasteiger partial charge on any atom is 0.338 e. The summed E-state index contributed by atoms with van der Waals surface area (Å²) in [5.41, 5.74) is 0.571. The lowest BCUT2D eigenvalue weighted by Crippen LogP contribution is -2.38. The van der Waals surface area contributed by atoms with Crippen molar-refractivity contribution in [1.29, 1.82) is 0 Å². The molecule has 1 aliphatic carbocycles. The molecule has 0 radical (unpaired) electrons. The normalized spacial score (nSPS) is 23.5. The van der Waals surface area contributed by atoms with Gasteiger partial charge < -0.3 is 4.74 Å². The second-order valence-corrected chi connectivity index (χ2v) is 7.35. The largest absolute Gasteiger partial charge is 0.458 e. The molecule has 1 saturated carbocycles. The first-order valence-electron chi connectivity index (χ1n) is 7.85. The number of rotatable bonds is 6. The van der Waals surface area contributed by atoms with Gasteiger partial charge in [-0.1, -0.05) is 38.0 Å². The Morgan fingerprint density at radius 2 is 1.95 bits per heavy atom. The van der Waals surface area contributed by atoms with Crippen LogP contribution in [0.25, 0.3) is 0 Å². The van der Waals surface area contributed by atoms with E-state index in [0.29, 0.717) is 5.56 Å². The minimum atomic E-state index is -0.886. The minimum Gasteiger partial charge on any atom is -0.458 e. The number of hydrogen-bond donors (Lipinski definition) is 0. The van der Waals surface area contributed by atoms with E-state index in [2.05, 4.69) is 6.92 Å². The number of ether oxygens (including phenoxy) is 1. The Hall–Kier alpha value is -1.16. The van der Waals surface area contributed by atoms with Crippen LogP contribution in [0.1, 0.15) is 55.8 Å². The quantitative estimate of drug-likeness (QED) is 0.753. The molecule has 0 amide bonds. The molecule has 1 fully saturated rings. The highest BCUT2D eigenvalue weighted by Gasteiger charge is 2.32. The summed E-state index contributed by atoms with van der Waals surface area (Å²) in [6, 6.07) is 9.05. The van der Waals surface area contributed by atoms with Gasteiger partial charge in [0.25, 0.3) is 0 Å². The van der Waals surface area contributed by atoms with E-state index in [1.54, 1.807) is 12.1 Å². The molecule has 0 unspecified atom stereocenters. The molecule has 1 aromatic carbocycles. The van der Waals surface area contributed by atoms with Gasteiger partial charge in [-0.15, -0.1) is 0 Å². The molecule has 0 N–H and O–H groups in total. The van der Waals surface area contributed by atoms with Crippen LogP contribution in [0.15, 0.2) is 30.3 Å². The van der Waals surface area contributed by atoms with Crippen molar-refractivity contribution in [3.63, 3.8) is 0 Å². The highest BCUT2D eigenvalue weighted by Crippen LogP contribution is 2.26. The van der Waals surface area contributed by atoms with Gasteiger partial charge in [-0.05, 0) is 37.8 Å². The van der Waals surface area contributed by atoms with Gasteiger partial charge in [0, 0.05) is 16.6 Å². The Morgan fingerprint density at radius 3 is 2.67 bits per heavy atom. The second-order valence-electron chi connectivity index (χ2n) is 5.57. The minimum absolute atomic E-state index is 0.0120. The molecular weight excluding hydrogens is 284 g/mol. The SMILES string of the molecule is CCCC[S@@](=O)[C@H]1CCCC[C@@H]1OC(=O)c1ccccc1. The molecular formula is C17H24O3S. The van der Waals surface area contributed by atoms with E-state index >= 15 is 0 Å². The molecule has 3 nitrogen and oxygen atoms in total. The Labute approximate surface area is 129 Å². The zero-order valence-corrected chi connectivity index (χ0v) is 13.4. The van der Waals surface area contributed by atoms with Crippen LogP contribution in [0, 0.1) is 0 Å². The first-order chi connectivity index (χ1) is 10.2. The molecule has 0 bridgehead atoms. The van der Waals surface area contributed by atoms with Gasteiger partial charge in [0.15, 0.2) is 0 Å². The molecule has 21 heavy (non-hydrogen) atoms. The lowest BCUT2D eigenvalue weighted by Gasteiger charge is -2.30. The van der Waals surface area contributed by atoms with E-state index < -0.39 is 10.8 Å². The standard InChI is InChI=1S/C17H24O3S/c1-2-3-13-21(19)16-12-8-7-11-15(16)20-17(18)14-9-5-4-6-10-14/h4-6,9-10,15-16H,2-3,7-8,11-13H2,1H3/t15-,16-,21+/m0/s1. The summed E-state index contributed by atoms with van der Waals surface area (Å²) in [5.74, 6) is 0.431. The van der Waals surface area contributed by atoms with Crippen LogP contribution in [0.2, 0.25) is 0 Å². The number of carbonyl (C=O) groups excluding carboxylic acids is 1. The van der Waals surface area contributed by atoms with Crippen LogP contribution in [0.4, 0.5) is 0 Å². The third-order valence-electron chi connectivity index (χ3n) is 3.95. The van der Waals surface area contributed by atoms with E-state index in [9.17, 15) is 9.00 Å². The number of hydrogen-bond acceptors (Lipinski definition) is 3. The summed E-state index contributed by atoms with van der Waals surface area (Å²) in [4.78, 5) is 12.2. The predicted octanol–water partition coefficient (Wildman–Crippen LogP) is 3.70. The Bertz CT molecular complexity index is 472. The Balaban J connectivity index is 1.98. The molecule has 0 aromatic heterocycles. The van der Waals surface area contributed by atoms with Gasteiger partial charge in [-0.2, -0.15) is 0 Å². The number of unbranched alkanes of at least 4 members (excludes halogenated alkanes) is 1. The van der Waals surface area contributed by atoms with Crippen molar-refractivity contribution in [3.05, 3.63) is 35.9 Å². The van der Waals surface area contributed by atoms with Gasteiger partial charge in [-0.3, -0.25) is 4.21 Å². The van der Waals surface area contributed by atoms with Crippen LogP contribution >= 0.6 is 0 Å². The molecule has 0 heterocycles. The summed E-state index contributed by atoms with van der Waals surface area (Å²) in [7, 11) is -0.886. The third kappa shape index (κ3) is 4.67. The first kappa shape index (κ1) is 16.2. The lowest BCUT2D eigenvalue weighted by molar-refractivity contribution is 0.0226. The molecule has 0 spiro atoms. The number of benzene rings is 1. The number of esters is 1. The van der Waals surface area contributed by atoms with Crippen molar-refractivity contribution in [2.75, 3.05) is 5.75 Å². The van der Waals surface area contributed by atoms with E-state index in [1.165, 1.54) is 0 Å². The van der Waals surface area contributed by atoms with Crippen molar-refractivity contribution in [2.24, 2.45) is 0 Å². The van der Waals surface area contributed by atoms with Crippen LogP contribution < -0.4 is 0 Å². The fraction of sp³-hybridized carbons (Fsp3) is 0.588. The summed E-state index contributed by atoms with van der Waals surface area (Å²) >= 11 is 0. The second kappa shape index (κ2) is 8.32. The lowest BCUT2D eigenvalue weighted by atomic mass is 9.97. The molecule has 1 aliphatic rings. The van der Waals surface area contributed by atoms with Gasteiger partial charge in [-0.25, -0.2) is 4.79 Å². The maximum absolute atomic E-state index is 12.4. The topological polar surface area (TPSA) is 43.4 Å². The highest BCUT2D eigenvalue weighted by molar-refractivity contribution is 7.85. The molecule has 2 rings (SSSR count). The van der Waals surface area contributed by atoms with Gasteiger partial charge in [0.1, 0.15) is 6.10 Å². The Kier molecular flexibility index (Phi) is 6.43. The van der Waals surface area contributed by atoms with E-state index in [-0.39, 0.29) is 17.3 Å². The third-order valence-corrected chi connectivity index (χ3v) is 5.85. The smallest absolute Gasteiger partial charge is 0.338 e. The van der Waals surface area contributed by atoms with E-state index in [1.807, 2.05) is 18.2 Å². The molecule has 0 saturated heterocycles. The molecule has 4 heteroatoms. The molecule has 0 aliphatic heterocycles. The predicted molar refractivity (Wildman–Crippen MR) is 85.8 cm³/mol. The van der Waals surface area contributed by atoms with Crippen LogP contribution in [0.3, 0.4) is 0 Å². The maximum atomic E-state index is 12.4. The van der Waals surface area contributed by atoms with Crippen LogP contribution in [-0.4, -0.2) is 27.3 Å². The average Bonchev–Trinajstić information content (AvgIpc) is 2.54. The van der Waals surface area contributed by atoms with Crippen molar-refractivity contribution < 1.29 is 13.7 Å². The van der Waals surface area contributed by atoms with Crippen molar-refractivity contribution in [2.45, 2.75) is 56.8 Å². The fourth-order valence-electron chi connectivity index (χ4n) is 2.72. The average molecular weight is 308 g/mol. The highest BCUT2D eigenvalue weighted by atomic mass is 32.2. The van der Waals surface area contributed by atoms with Crippen molar-refractivity contribution >= 4 is 16.8 Å². The van der Waals surface area contributed by atoms with Crippen LogP contribution in [0.5, 0.6) is 0 Å².